The number of esters is 1. The quantitative estimate of drug-likeness (QED) is 0.213. The van der Waals surface area contributed by atoms with Crippen LogP contribution in [-0.4, -0.2) is 41.1 Å². The topological polar surface area (TPSA) is 127 Å². The summed E-state index contributed by atoms with van der Waals surface area (Å²) in [4.78, 5) is 42.3. The van der Waals surface area contributed by atoms with Crippen LogP contribution in [0.5, 0.6) is 5.75 Å². The largest absolute Gasteiger partial charge is 0.489 e. The first-order chi connectivity index (χ1) is 18.2. The molecule has 2 aromatic carbocycles. The van der Waals surface area contributed by atoms with Gasteiger partial charge in [0.15, 0.2) is 0 Å². The molecule has 1 aliphatic rings. The molecule has 3 N–H and O–H groups in total. The van der Waals surface area contributed by atoms with Crippen molar-refractivity contribution in [3.05, 3.63) is 71.4 Å². The van der Waals surface area contributed by atoms with E-state index in [1.54, 1.807) is 19.3 Å². The fraction of sp³-hybridized carbons (Fsp3) is 0.379. The minimum atomic E-state index is -1.08. The van der Waals surface area contributed by atoms with Crippen LogP contribution in [0.3, 0.4) is 0 Å². The monoisotopic (exact) mass is 519 g/mol. The van der Waals surface area contributed by atoms with Crippen molar-refractivity contribution in [1.29, 1.82) is 0 Å². The summed E-state index contributed by atoms with van der Waals surface area (Å²) < 4.78 is 10.9. The van der Waals surface area contributed by atoms with Crippen LogP contribution in [0.4, 0.5) is 0 Å². The van der Waals surface area contributed by atoms with Crippen LogP contribution in [0.2, 0.25) is 0 Å². The minimum Gasteiger partial charge on any atom is -0.489 e. The Labute approximate surface area is 221 Å². The lowest BCUT2D eigenvalue weighted by molar-refractivity contribution is -0.147. The van der Waals surface area contributed by atoms with Crippen LogP contribution in [0.25, 0.3) is 10.9 Å². The highest BCUT2D eigenvalue weighted by molar-refractivity contribution is 5.97. The highest BCUT2D eigenvalue weighted by Crippen LogP contribution is 2.55. The average Bonchev–Trinajstić information content (AvgIpc) is 3.65. The number of hydrogen-bond donors (Lipinski definition) is 3. The standard InChI is InChI=1S/C29H33N3O6/c1-17(2)25(27(34)37-4)31-28(35)29(15-23(29)26(33)32-36)14-19-9-11-21(12-10-19)38-16-20-13-18(3)30-24-8-6-5-7-22(20)24/h5-13,17,23,25,36H,14-16H2,1-4H3,(H,31,35)(H,32,33)/t23-,25+,29+/m1/s1. The van der Waals surface area contributed by atoms with Crippen LogP contribution in [0.1, 0.15) is 37.1 Å². The first-order valence-corrected chi connectivity index (χ1v) is 12.6. The van der Waals surface area contributed by atoms with Crippen molar-refractivity contribution in [3.8, 4) is 5.75 Å². The number of hydrogen-bond acceptors (Lipinski definition) is 7. The summed E-state index contributed by atoms with van der Waals surface area (Å²) in [6, 6.07) is 16.5. The Morgan fingerprint density at radius 1 is 1.13 bits per heavy atom. The van der Waals surface area contributed by atoms with E-state index >= 15 is 0 Å². The predicted octanol–water partition coefficient (Wildman–Crippen LogP) is 3.49. The lowest BCUT2D eigenvalue weighted by Gasteiger charge is -2.24. The molecule has 1 saturated carbocycles. The molecule has 3 atom stereocenters. The van der Waals surface area contributed by atoms with E-state index in [9.17, 15) is 14.4 Å². The lowest BCUT2D eigenvalue weighted by atomic mass is 9.91. The van der Waals surface area contributed by atoms with Gasteiger partial charge in [0.05, 0.1) is 24.0 Å². The SMILES string of the molecule is COC(=O)[C@@H](NC(=O)[C@@]1(Cc2ccc(OCc3cc(C)nc4ccccc34)cc2)C[C@@H]1C(=O)NO)C(C)C. The number of fused-ring (bicyclic) bond motifs is 1. The van der Waals surface area contributed by atoms with E-state index < -0.39 is 35.2 Å². The van der Waals surface area contributed by atoms with Crippen molar-refractivity contribution in [1.82, 2.24) is 15.8 Å². The number of methoxy groups -OCH3 is 1. The number of nitrogens with one attached hydrogen (secondary N) is 2. The van der Waals surface area contributed by atoms with E-state index in [4.69, 9.17) is 14.7 Å². The van der Waals surface area contributed by atoms with Crippen LogP contribution < -0.4 is 15.5 Å². The van der Waals surface area contributed by atoms with Gasteiger partial charge < -0.3 is 14.8 Å². The fourth-order valence-corrected chi connectivity index (χ4v) is 4.91. The summed E-state index contributed by atoms with van der Waals surface area (Å²) in [7, 11) is 1.26. The molecule has 38 heavy (non-hydrogen) atoms. The van der Waals surface area contributed by atoms with Gasteiger partial charge >= 0.3 is 5.97 Å². The number of ether oxygens (including phenoxy) is 2. The zero-order valence-corrected chi connectivity index (χ0v) is 22.0. The summed E-state index contributed by atoms with van der Waals surface area (Å²) in [6.07, 6.45) is 0.515. The van der Waals surface area contributed by atoms with Crippen molar-refractivity contribution in [2.75, 3.05) is 7.11 Å². The second kappa shape index (κ2) is 11.2. The van der Waals surface area contributed by atoms with Gasteiger partial charge in [0.25, 0.3) is 0 Å². The molecule has 9 nitrogen and oxygen atoms in total. The van der Waals surface area contributed by atoms with E-state index in [0.29, 0.717) is 12.4 Å². The third-order valence-corrected chi connectivity index (χ3v) is 7.13. The third-order valence-electron chi connectivity index (χ3n) is 7.13. The fourth-order valence-electron chi connectivity index (χ4n) is 4.91. The average molecular weight is 520 g/mol. The predicted molar refractivity (Wildman–Crippen MR) is 140 cm³/mol. The van der Waals surface area contributed by atoms with Crippen LogP contribution in [0, 0.1) is 24.2 Å². The zero-order chi connectivity index (χ0) is 27.4. The molecule has 9 heteroatoms. The Morgan fingerprint density at radius 3 is 2.50 bits per heavy atom. The Morgan fingerprint density at radius 2 is 1.84 bits per heavy atom. The van der Waals surface area contributed by atoms with E-state index in [1.807, 2.05) is 61.5 Å². The van der Waals surface area contributed by atoms with Gasteiger partial charge in [0.1, 0.15) is 18.4 Å². The number of amides is 2. The second-order valence-corrected chi connectivity index (χ2v) is 10.2. The molecule has 4 rings (SSSR count). The van der Waals surface area contributed by atoms with E-state index in [2.05, 4.69) is 10.3 Å². The summed E-state index contributed by atoms with van der Waals surface area (Å²) in [5.74, 6) is -1.85. The number of hydroxylamine groups is 1. The maximum Gasteiger partial charge on any atom is 0.328 e. The summed E-state index contributed by atoms with van der Waals surface area (Å²) in [6.45, 7) is 5.92. The van der Waals surface area contributed by atoms with Crippen molar-refractivity contribution >= 4 is 28.7 Å². The van der Waals surface area contributed by atoms with Gasteiger partial charge in [-0.05, 0) is 55.5 Å². The Hall–Kier alpha value is -3.98. The van der Waals surface area contributed by atoms with E-state index in [1.165, 1.54) is 7.11 Å². The Kier molecular flexibility index (Phi) is 7.97. The molecule has 1 heterocycles. The van der Waals surface area contributed by atoms with Gasteiger partial charge in [-0.2, -0.15) is 0 Å². The van der Waals surface area contributed by atoms with Gasteiger partial charge in [-0.3, -0.25) is 19.8 Å². The van der Waals surface area contributed by atoms with Crippen LogP contribution >= 0.6 is 0 Å². The van der Waals surface area contributed by atoms with Gasteiger partial charge in [-0.25, -0.2) is 10.3 Å². The number of aromatic nitrogens is 1. The van der Waals surface area contributed by atoms with Crippen molar-refractivity contribution in [3.63, 3.8) is 0 Å². The number of nitrogens with zero attached hydrogens (tertiary/aromatic N) is 1. The molecule has 0 bridgehead atoms. The van der Waals surface area contributed by atoms with Crippen LogP contribution in [0.15, 0.2) is 54.6 Å². The lowest BCUT2D eigenvalue weighted by Crippen LogP contribution is -2.49. The first-order valence-electron chi connectivity index (χ1n) is 12.6. The van der Waals surface area contributed by atoms with Gasteiger partial charge in [-0.1, -0.05) is 44.2 Å². The molecule has 1 aliphatic carbocycles. The molecule has 1 aromatic heterocycles. The molecule has 0 radical (unpaired) electrons. The number of benzene rings is 2. The molecule has 2 amide bonds. The first kappa shape index (κ1) is 27.1. The minimum absolute atomic E-state index is 0.204. The highest BCUT2D eigenvalue weighted by Gasteiger charge is 2.63. The maximum atomic E-state index is 13.3. The maximum absolute atomic E-state index is 13.3. The number of pyridine rings is 1. The zero-order valence-electron chi connectivity index (χ0n) is 22.0. The molecular weight excluding hydrogens is 486 g/mol. The van der Waals surface area contributed by atoms with E-state index in [-0.39, 0.29) is 18.8 Å². The Balaban J connectivity index is 1.48. The molecule has 200 valence electrons. The number of carbonyl (C=O) groups excluding carboxylic acids is 3. The highest BCUT2D eigenvalue weighted by atomic mass is 16.5. The van der Waals surface area contributed by atoms with Crippen molar-refractivity contribution in [2.45, 2.75) is 46.3 Å². The van der Waals surface area contributed by atoms with Gasteiger partial charge in [-0.15, -0.1) is 0 Å². The molecule has 3 aromatic rings. The van der Waals surface area contributed by atoms with Gasteiger partial charge in [0, 0.05) is 16.6 Å². The van der Waals surface area contributed by atoms with Crippen LogP contribution in [-0.2, 0) is 32.1 Å². The van der Waals surface area contributed by atoms with Crippen molar-refractivity contribution < 1.29 is 29.1 Å². The summed E-state index contributed by atoms with van der Waals surface area (Å²) in [5, 5.41) is 13.0. The molecule has 1 fully saturated rings. The third kappa shape index (κ3) is 5.62. The smallest absolute Gasteiger partial charge is 0.328 e. The summed E-state index contributed by atoms with van der Waals surface area (Å²) >= 11 is 0. The second-order valence-electron chi connectivity index (χ2n) is 10.2. The molecule has 0 unspecified atom stereocenters. The molecule has 0 aliphatic heterocycles. The molecule has 0 saturated heterocycles. The molecule has 0 spiro atoms. The Bertz CT molecular complexity index is 1340. The molecular formula is C29H33N3O6. The van der Waals surface area contributed by atoms with Crippen molar-refractivity contribution in [2.24, 2.45) is 17.3 Å². The summed E-state index contributed by atoms with van der Waals surface area (Å²) in [5.41, 5.74) is 4.27. The normalized spacial score (nSPS) is 19.1. The number of rotatable bonds is 10. The number of carbonyl (C=O) groups is 3. The van der Waals surface area contributed by atoms with E-state index in [0.717, 1.165) is 27.7 Å². The number of aryl methyl sites for hydroxylation is 1. The van der Waals surface area contributed by atoms with Gasteiger partial charge in [0.2, 0.25) is 11.8 Å². The number of para-hydroxylation sites is 1.